The number of anilines is 1. The molecule has 0 bridgehead atoms. The SMILES string of the molecule is NOCCNC(=O)c1ccc2[nH]c(C(=O)Nc3ccc4cc(C(=O)NCCO)[nH]c4c3)cc2c1. The van der Waals surface area contributed by atoms with E-state index in [0.29, 0.717) is 39.1 Å². The van der Waals surface area contributed by atoms with Gasteiger partial charge in [0, 0.05) is 46.1 Å². The Morgan fingerprint density at radius 2 is 1.56 bits per heavy atom. The monoisotopic (exact) mass is 464 g/mol. The Labute approximate surface area is 193 Å². The van der Waals surface area contributed by atoms with E-state index in [2.05, 4.69) is 30.8 Å². The lowest BCUT2D eigenvalue weighted by Gasteiger charge is -2.04. The second-order valence-electron chi connectivity index (χ2n) is 7.53. The predicted molar refractivity (Wildman–Crippen MR) is 126 cm³/mol. The molecule has 4 aromatic rings. The van der Waals surface area contributed by atoms with Gasteiger partial charge in [-0.1, -0.05) is 6.07 Å². The molecule has 0 aliphatic carbocycles. The lowest BCUT2D eigenvalue weighted by atomic mass is 10.1. The Balaban J connectivity index is 1.47. The van der Waals surface area contributed by atoms with E-state index in [4.69, 9.17) is 11.0 Å². The number of aromatic amines is 2. The molecule has 2 heterocycles. The van der Waals surface area contributed by atoms with Crippen LogP contribution in [0.25, 0.3) is 21.8 Å². The summed E-state index contributed by atoms with van der Waals surface area (Å²) in [7, 11) is 0. The fraction of sp³-hybridized carbons (Fsp3) is 0.174. The lowest BCUT2D eigenvalue weighted by molar-refractivity contribution is 0.0915. The molecule has 0 unspecified atom stereocenters. The molecule has 2 aromatic heterocycles. The number of amides is 3. The summed E-state index contributed by atoms with van der Waals surface area (Å²) in [6, 6.07) is 13.7. The zero-order valence-corrected chi connectivity index (χ0v) is 18.1. The number of H-pyrrole nitrogens is 2. The number of hydrogen-bond donors (Lipinski definition) is 7. The van der Waals surface area contributed by atoms with Crippen molar-refractivity contribution in [3.05, 3.63) is 65.5 Å². The van der Waals surface area contributed by atoms with Crippen molar-refractivity contribution in [2.75, 3.05) is 31.6 Å². The number of hydrogen-bond acceptors (Lipinski definition) is 6. The molecule has 0 aliphatic heterocycles. The normalized spacial score (nSPS) is 11.0. The summed E-state index contributed by atoms with van der Waals surface area (Å²) in [5.41, 5.74) is 3.08. The van der Waals surface area contributed by atoms with E-state index in [1.54, 1.807) is 48.5 Å². The van der Waals surface area contributed by atoms with Crippen molar-refractivity contribution in [2.24, 2.45) is 5.90 Å². The first-order valence-corrected chi connectivity index (χ1v) is 10.5. The number of nitrogens with two attached hydrogens (primary N) is 1. The number of nitrogens with one attached hydrogen (secondary N) is 5. The van der Waals surface area contributed by atoms with Gasteiger partial charge < -0.3 is 35.9 Å². The van der Waals surface area contributed by atoms with E-state index in [1.807, 2.05) is 0 Å². The minimum absolute atomic E-state index is 0.144. The molecule has 0 fully saturated rings. The predicted octanol–water partition coefficient (Wildman–Crippen LogP) is 1.24. The van der Waals surface area contributed by atoms with Crippen LogP contribution >= 0.6 is 0 Å². The van der Waals surface area contributed by atoms with E-state index in [1.165, 1.54) is 0 Å². The smallest absolute Gasteiger partial charge is 0.272 e. The lowest BCUT2D eigenvalue weighted by Crippen LogP contribution is -2.27. The zero-order chi connectivity index (χ0) is 24.1. The molecule has 0 saturated heterocycles. The molecule has 2 aromatic carbocycles. The van der Waals surface area contributed by atoms with Gasteiger partial charge in [0.1, 0.15) is 11.4 Å². The second-order valence-corrected chi connectivity index (χ2v) is 7.53. The van der Waals surface area contributed by atoms with Gasteiger partial charge in [0.2, 0.25) is 0 Å². The van der Waals surface area contributed by atoms with E-state index >= 15 is 0 Å². The Morgan fingerprint density at radius 3 is 2.35 bits per heavy atom. The summed E-state index contributed by atoms with van der Waals surface area (Å²) in [6.45, 7) is 0.507. The summed E-state index contributed by atoms with van der Waals surface area (Å²) >= 11 is 0. The number of rotatable bonds is 9. The highest BCUT2D eigenvalue weighted by molar-refractivity contribution is 6.08. The van der Waals surface area contributed by atoms with Gasteiger partial charge in [-0.2, -0.15) is 0 Å². The van der Waals surface area contributed by atoms with E-state index in [9.17, 15) is 14.4 Å². The fourth-order valence-electron chi connectivity index (χ4n) is 3.51. The van der Waals surface area contributed by atoms with Gasteiger partial charge in [-0.3, -0.25) is 14.4 Å². The Hall–Kier alpha value is -4.19. The van der Waals surface area contributed by atoms with E-state index in [0.717, 1.165) is 5.39 Å². The molecule has 0 aliphatic rings. The number of carbonyl (C=O) groups is 3. The van der Waals surface area contributed by atoms with E-state index in [-0.39, 0.29) is 44.0 Å². The average Bonchev–Trinajstić information content (AvgIpc) is 3.46. The van der Waals surface area contributed by atoms with Crippen LogP contribution in [0.5, 0.6) is 0 Å². The molecule has 8 N–H and O–H groups in total. The molecule has 11 nitrogen and oxygen atoms in total. The Kier molecular flexibility index (Phi) is 6.87. The number of aromatic nitrogens is 2. The number of aliphatic hydroxyl groups excluding tert-OH is 1. The Morgan fingerprint density at radius 1 is 0.824 bits per heavy atom. The van der Waals surface area contributed by atoms with Crippen LogP contribution in [0.4, 0.5) is 5.69 Å². The Bertz CT molecular complexity index is 1360. The molecule has 3 amide bonds. The first kappa shape index (κ1) is 23.0. The third-order valence-electron chi connectivity index (χ3n) is 5.16. The van der Waals surface area contributed by atoms with Crippen LogP contribution < -0.4 is 21.8 Å². The maximum absolute atomic E-state index is 12.8. The first-order chi connectivity index (χ1) is 16.5. The van der Waals surface area contributed by atoms with Gasteiger partial charge in [-0.25, -0.2) is 5.90 Å². The summed E-state index contributed by atoms with van der Waals surface area (Å²) in [5.74, 6) is 4.01. The third-order valence-corrected chi connectivity index (χ3v) is 5.16. The molecule has 11 heteroatoms. The number of fused-ring (bicyclic) bond motifs is 2. The highest BCUT2D eigenvalue weighted by Gasteiger charge is 2.14. The molecular formula is C23H24N6O5. The van der Waals surface area contributed by atoms with Gasteiger partial charge >= 0.3 is 0 Å². The van der Waals surface area contributed by atoms with Crippen molar-refractivity contribution < 1.29 is 24.3 Å². The van der Waals surface area contributed by atoms with Crippen LogP contribution in [-0.2, 0) is 4.84 Å². The molecular weight excluding hydrogens is 440 g/mol. The van der Waals surface area contributed by atoms with Gasteiger partial charge in [-0.15, -0.1) is 0 Å². The van der Waals surface area contributed by atoms with Crippen molar-refractivity contribution in [2.45, 2.75) is 0 Å². The summed E-state index contributed by atoms with van der Waals surface area (Å²) in [5, 5.41) is 18.5. The van der Waals surface area contributed by atoms with E-state index < -0.39 is 0 Å². The fourth-order valence-corrected chi connectivity index (χ4v) is 3.51. The van der Waals surface area contributed by atoms with Crippen LogP contribution in [0.3, 0.4) is 0 Å². The highest BCUT2D eigenvalue weighted by atomic mass is 16.6. The van der Waals surface area contributed by atoms with Gasteiger partial charge in [-0.05, 0) is 42.5 Å². The molecule has 4 rings (SSSR count). The molecule has 0 spiro atoms. The van der Waals surface area contributed by atoms with Crippen molar-refractivity contribution >= 4 is 45.2 Å². The van der Waals surface area contributed by atoms with Crippen molar-refractivity contribution in [3.63, 3.8) is 0 Å². The molecule has 0 radical (unpaired) electrons. The molecule has 0 atom stereocenters. The molecule has 0 saturated carbocycles. The van der Waals surface area contributed by atoms with Crippen LogP contribution in [0.15, 0.2) is 48.5 Å². The maximum Gasteiger partial charge on any atom is 0.272 e. The standard InChI is InChI=1S/C23H24N6O5/c24-34-8-6-26-21(31)14-2-4-17-15(9-14)11-20(28-17)23(33)27-16-3-1-13-10-19(29-18(13)12-16)22(32)25-5-7-30/h1-4,9-12,28-30H,5-8,24H2,(H,25,32)(H,26,31)(H,27,33). The second kappa shape index (κ2) is 10.2. The minimum Gasteiger partial charge on any atom is -0.395 e. The molecule has 176 valence electrons. The number of benzene rings is 2. The quantitative estimate of drug-likeness (QED) is 0.145. The van der Waals surface area contributed by atoms with Crippen LogP contribution in [-0.4, -0.2) is 59.1 Å². The zero-order valence-electron chi connectivity index (χ0n) is 18.1. The van der Waals surface area contributed by atoms with Gasteiger partial charge in [0.15, 0.2) is 0 Å². The molecule has 34 heavy (non-hydrogen) atoms. The largest absolute Gasteiger partial charge is 0.395 e. The topological polar surface area (TPSA) is 174 Å². The van der Waals surface area contributed by atoms with Crippen molar-refractivity contribution in [3.8, 4) is 0 Å². The van der Waals surface area contributed by atoms with Crippen molar-refractivity contribution in [1.82, 2.24) is 20.6 Å². The summed E-state index contributed by atoms with van der Waals surface area (Å²) < 4.78 is 0. The summed E-state index contributed by atoms with van der Waals surface area (Å²) in [4.78, 5) is 47.6. The number of aliphatic hydroxyl groups is 1. The third kappa shape index (κ3) is 5.07. The first-order valence-electron chi connectivity index (χ1n) is 10.5. The van der Waals surface area contributed by atoms with Crippen LogP contribution in [0, 0.1) is 0 Å². The highest BCUT2D eigenvalue weighted by Crippen LogP contribution is 2.22. The van der Waals surface area contributed by atoms with Crippen LogP contribution in [0.2, 0.25) is 0 Å². The van der Waals surface area contributed by atoms with Gasteiger partial charge in [0.25, 0.3) is 17.7 Å². The van der Waals surface area contributed by atoms with Crippen LogP contribution in [0.1, 0.15) is 31.3 Å². The minimum atomic E-state index is -0.353. The van der Waals surface area contributed by atoms with Crippen molar-refractivity contribution in [1.29, 1.82) is 0 Å². The maximum atomic E-state index is 12.8. The number of carbonyl (C=O) groups excluding carboxylic acids is 3. The summed E-state index contributed by atoms with van der Waals surface area (Å²) in [6.07, 6.45) is 0. The average molecular weight is 464 g/mol. The van der Waals surface area contributed by atoms with Gasteiger partial charge in [0.05, 0.1) is 13.2 Å².